The van der Waals surface area contributed by atoms with E-state index in [0.29, 0.717) is 0 Å². The first-order chi connectivity index (χ1) is 7.88. The molecule has 0 aromatic rings. The van der Waals surface area contributed by atoms with E-state index >= 15 is 0 Å². The lowest BCUT2D eigenvalue weighted by molar-refractivity contribution is 0.201. The van der Waals surface area contributed by atoms with Crippen molar-refractivity contribution in [2.45, 2.75) is 57.9 Å². The Bertz CT molecular complexity index is 187. The van der Waals surface area contributed by atoms with Gasteiger partial charge in [0, 0.05) is 12.6 Å². The molecule has 1 saturated heterocycles. The van der Waals surface area contributed by atoms with Gasteiger partial charge < -0.3 is 10.2 Å². The summed E-state index contributed by atoms with van der Waals surface area (Å²) in [6.45, 7) is 7.55. The Kier molecular flexibility index (Phi) is 5.11. The Morgan fingerprint density at radius 2 is 1.88 bits per heavy atom. The molecule has 1 N–H and O–H groups in total. The van der Waals surface area contributed by atoms with Gasteiger partial charge in [0.25, 0.3) is 0 Å². The average molecular weight is 224 g/mol. The highest BCUT2D eigenvalue weighted by Crippen LogP contribution is 2.25. The van der Waals surface area contributed by atoms with Crippen molar-refractivity contribution in [3.05, 3.63) is 0 Å². The molecule has 2 fully saturated rings. The van der Waals surface area contributed by atoms with Crippen LogP contribution >= 0.6 is 0 Å². The summed E-state index contributed by atoms with van der Waals surface area (Å²) in [7, 11) is 0. The predicted molar refractivity (Wildman–Crippen MR) is 69.7 cm³/mol. The molecule has 1 aliphatic carbocycles. The molecule has 1 atom stereocenters. The molecule has 2 rings (SSSR count). The van der Waals surface area contributed by atoms with Crippen LogP contribution in [0.5, 0.6) is 0 Å². The maximum Gasteiger partial charge on any atom is 0.00766 e. The highest BCUT2D eigenvalue weighted by molar-refractivity contribution is 4.76. The van der Waals surface area contributed by atoms with Crippen molar-refractivity contribution in [1.82, 2.24) is 10.2 Å². The molecule has 1 heterocycles. The molecule has 2 aliphatic rings. The number of rotatable bonds is 3. The van der Waals surface area contributed by atoms with Gasteiger partial charge in [0.2, 0.25) is 0 Å². The topological polar surface area (TPSA) is 15.3 Å². The number of hydrogen-bond acceptors (Lipinski definition) is 2. The van der Waals surface area contributed by atoms with Crippen LogP contribution in [0, 0.1) is 5.92 Å². The summed E-state index contributed by atoms with van der Waals surface area (Å²) in [6, 6.07) is 0.770. The van der Waals surface area contributed by atoms with Crippen LogP contribution in [0.4, 0.5) is 0 Å². The van der Waals surface area contributed by atoms with E-state index in [1.54, 1.807) is 0 Å². The molecule has 1 unspecified atom stereocenters. The van der Waals surface area contributed by atoms with E-state index in [1.165, 1.54) is 71.1 Å². The monoisotopic (exact) mass is 224 g/mol. The van der Waals surface area contributed by atoms with Gasteiger partial charge in [-0.2, -0.15) is 0 Å². The second-order valence-electron chi connectivity index (χ2n) is 5.65. The highest BCUT2D eigenvalue weighted by atomic mass is 15.1. The summed E-state index contributed by atoms with van der Waals surface area (Å²) in [5.41, 5.74) is 0. The van der Waals surface area contributed by atoms with Crippen molar-refractivity contribution in [2.75, 3.05) is 26.2 Å². The van der Waals surface area contributed by atoms with E-state index in [1.807, 2.05) is 0 Å². The van der Waals surface area contributed by atoms with Crippen molar-refractivity contribution >= 4 is 0 Å². The van der Waals surface area contributed by atoms with Crippen LogP contribution in [0.15, 0.2) is 0 Å². The molecule has 16 heavy (non-hydrogen) atoms. The summed E-state index contributed by atoms with van der Waals surface area (Å²) < 4.78 is 0. The third-order valence-corrected chi connectivity index (χ3v) is 4.36. The molecule has 1 aliphatic heterocycles. The first-order valence-corrected chi connectivity index (χ1v) is 7.34. The molecule has 94 valence electrons. The van der Waals surface area contributed by atoms with Crippen LogP contribution in [0.25, 0.3) is 0 Å². The van der Waals surface area contributed by atoms with Gasteiger partial charge >= 0.3 is 0 Å². The molecule has 0 aromatic heterocycles. The summed E-state index contributed by atoms with van der Waals surface area (Å²) in [4.78, 5) is 2.74. The molecular weight excluding hydrogens is 196 g/mol. The molecule has 2 nitrogen and oxygen atoms in total. The summed E-state index contributed by atoms with van der Waals surface area (Å²) in [5.74, 6) is 1.02. The van der Waals surface area contributed by atoms with Crippen LogP contribution < -0.4 is 5.32 Å². The van der Waals surface area contributed by atoms with Crippen LogP contribution in [-0.4, -0.2) is 37.1 Å². The molecule has 0 spiro atoms. The van der Waals surface area contributed by atoms with Gasteiger partial charge in [0.05, 0.1) is 0 Å². The SMILES string of the molecule is CCC1CCN(CC2CCCC2)CCCN1. The van der Waals surface area contributed by atoms with E-state index in [0.717, 1.165) is 12.0 Å². The average Bonchev–Trinajstić information content (AvgIpc) is 2.75. The van der Waals surface area contributed by atoms with Crippen molar-refractivity contribution in [3.63, 3.8) is 0 Å². The van der Waals surface area contributed by atoms with Crippen molar-refractivity contribution in [2.24, 2.45) is 5.92 Å². The van der Waals surface area contributed by atoms with Crippen LogP contribution in [0.3, 0.4) is 0 Å². The molecular formula is C14H28N2. The molecule has 2 heteroatoms. The Labute approximate surface area is 101 Å². The van der Waals surface area contributed by atoms with Gasteiger partial charge in [-0.05, 0) is 57.7 Å². The minimum absolute atomic E-state index is 0.770. The second kappa shape index (κ2) is 6.61. The quantitative estimate of drug-likeness (QED) is 0.793. The standard InChI is InChI=1S/C14H28N2/c1-2-14-8-11-16(10-5-9-15-14)12-13-6-3-4-7-13/h13-15H,2-12H2,1H3. The molecule has 0 radical (unpaired) electrons. The largest absolute Gasteiger partial charge is 0.314 e. The van der Waals surface area contributed by atoms with Crippen LogP contribution in [0.1, 0.15) is 51.9 Å². The second-order valence-corrected chi connectivity index (χ2v) is 5.65. The van der Waals surface area contributed by atoms with E-state index < -0.39 is 0 Å². The summed E-state index contributed by atoms with van der Waals surface area (Å²) in [5, 5.41) is 3.66. The zero-order valence-corrected chi connectivity index (χ0v) is 10.9. The highest BCUT2D eigenvalue weighted by Gasteiger charge is 2.20. The third kappa shape index (κ3) is 3.74. The summed E-state index contributed by atoms with van der Waals surface area (Å²) >= 11 is 0. The lowest BCUT2D eigenvalue weighted by Crippen LogP contribution is -2.41. The number of hydrogen-bond donors (Lipinski definition) is 1. The normalized spacial score (nSPS) is 30.2. The Morgan fingerprint density at radius 1 is 1.06 bits per heavy atom. The van der Waals surface area contributed by atoms with Gasteiger partial charge in [0.15, 0.2) is 0 Å². The van der Waals surface area contributed by atoms with Crippen molar-refractivity contribution in [3.8, 4) is 0 Å². The third-order valence-electron chi connectivity index (χ3n) is 4.36. The fourth-order valence-electron chi connectivity index (χ4n) is 3.25. The van der Waals surface area contributed by atoms with Crippen molar-refractivity contribution in [1.29, 1.82) is 0 Å². The predicted octanol–water partition coefficient (Wildman–Crippen LogP) is 2.64. The minimum Gasteiger partial charge on any atom is -0.314 e. The van der Waals surface area contributed by atoms with Crippen LogP contribution in [0.2, 0.25) is 0 Å². The van der Waals surface area contributed by atoms with E-state index in [-0.39, 0.29) is 0 Å². The molecule has 0 aromatic carbocycles. The maximum atomic E-state index is 3.66. The molecule has 1 saturated carbocycles. The van der Waals surface area contributed by atoms with Gasteiger partial charge in [-0.15, -0.1) is 0 Å². The van der Waals surface area contributed by atoms with Crippen LogP contribution in [-0.2, 0) is 0 Å². The summed E-state index contributed by atoms with van der Waals surface area (Å²) in [6.07, 6.45) is 9.93. The lowest BCUT2D eigenvalue weighted by atomic mass is 10.1. The molecule has 0 bridgehead atoms. The van der Waals surface area contributed by atoms with Crippen molar-refractivity contribution < 1.29 is 0 Å². The maximum absolute atomic E-state index is 3.66. The Morgan fingerprint density at radius 3 is 2.62 bits per heavy atom. The zero-order valence-electron chi connectivity index (χ0n) is 10.9. The molecule has 0 amide bonds. The van der Waals surface area contributed by atoms with Gasteiger partial charge in [-0.1, -0.05) is 19.8 Å². The zero-order chi connectivity index (χ0) is 11.2. The number of nitrogens with zero attached hydrogens (tertiary/aromatic N) is 1. The first-order valence-electron chi connectivity index (χ1n) is 7.34. The minimum atomic E-state index is 0.770. The fraction of sp³-hybridized carbons (Fsp3) is 1.00. The van der Waals surface area contributed by atoms with Gasteiger partial charge in [-0.25, -0.2) is 0 Å². The Balaban J connectivity index is 1.74. The fourth-order valence-corrected chi connectivity index (χ4v) is 3.25. The van der Waals surface area contributed by atoms with E-state index in [2.05, 4.69) is 17.1 Å². The van der Waals surface area contributed by atoms with E-state index in [9.17, 15) is 0 Å². The van der Waals surface area contributed by atoms with Gasteiger partial charge in [0.1, 0.15) is 0 Å². The lowest BCUT2D eigenvalue weighted by Gasteiger charge is -2.30. The first kappa shape index (κ1) is 12.4. The van der Waals surface area contributed by atoms with E-state index in [4.69, 9.17) is 0 Å². The Hall–Kier alpha value is -0.0800. The van der Waals surface area contributed by atoms with Gasteiger partial charge in [-0.3, -0.25) is 0 Å². The number of nitrogens with one attached hydrogen (secondary N) is 1. The smallest absolute Gasteiger partial charge is 0.00766 e.